The van der Waals surface area contributed by atoms with E-state index < -0.39 is 0 Å². The second-order valence-corrected chi connectivity index (χ2v) is 9.26. The number of amides is 1. The molecule has 178 valence electrons. The Morgan fingerprint density at radius 3 is 2.00 bits per heavy atom. The van der Waals surface area contributed by atoms with Gasteiger partial charge in [-0.2, -0.15) is 0 Å². The minimum absolute atomic E-state index is 0.192. The molecule has 1 fully saturated rings. The SMILES string of the molecule is COc1ccc(CC(=O)N(C)C2CCN(CCC(c3ccccc3)c3ccccc3)CC2)cc1. The van der Waals surface area contributed by atoms with Crippen LogP contribution in [0.4, 0.5) is 0 Å². The highest BCUT2D eigenvalue weighted by molar-refractivity contribution is 5.78. The number of piperidine rings is 1. The zero-order chi connectivity index (χ0) is 23.8. The molecule has 34 heavy (non-hydrogen) atoms. The summed E-state index contributed by atoms with van der Waals surface area (Å²) in [5, 5.41) is 0. The number of hydrogen-bond donors (Lipinski definition) is 0. The van der Waals surface area contributed by atoms with Crippen LogP contribution < -0.4 is 4.74 Å². The number of nitrogens with zero attached hydrogens (tertiary/aromatic N) is 2. The van der Waals surface area contributed by atoms with E-state index in [-0.39, 0.29) is 5.91 Å². The molecule has 1 aliphatic rings. The Balaban J connectivity index is 1.28. The molecule has 0 N–H and O–H groups in total. The topological polar surface area (TPSA) is 32.8 Å². The minimum Gasteiger partial charge on any atom is -0.497 e. The van der Waals surface area contributed by atoms with Crippen LogP contribution in [0.1, 0.15) is 41.9 Å². The van der Waals surface area contributed by atoms with Gasteiger partial charge in [-0.25, -0.2) is 0 Å². The van der Waals surface area contributed by atoms with E-state index in [0.29, 0.717) is 18.4 Å². The van der Waals surface area contributed by atoms with Gasteiger partial charge >= 0.3 is 0 Å². The lowest BCUT2D eigenvalue weighted by Gasteiger charge is -2.37. The third kappa shape index (κ3) is 6.27. The molecule has 0 aliphatic carbocycles. The Bertz CT molecular complexity index is 973. The fourth-order valence-corrected chi connectivity index (χ4v) is 4.98. The number of methoxy groups -OCH3 is 1. The van der Waals surface area contributed by atoms with Crippen molar-refractivity contribution in [1.29, 1.82) is 0 Å². The number of likely N-dealkylation sites (N-methyl/N-ethyl adjacent to an activating group) is 1. The standard InChI is InChI=1S/C30H36N2O2/c1-31(30(33)23-24-13-15-28(34-2)16-14-24)27-17-20-32(21-18-27)22-19-29(25-9-5-3-6-10-25)26-11-7-4-8-12-26/h3-16,27,29H,17-23H2,1-2H3. The Labute approximate surface area is 204 Å². The lowest BCUT2D eigenvalue weighted by Crippen LogP contribution is -2.46. The number of rotatable bonds is 9. The average Bonchev–Trinajstić information content (AvgIpc) is 2.90. The molecule has 3 aromatic carbocycles. The Kier molecular flexibility index (Phi) is 8.37. The summed E-state index contributed by atoms with van der Waals surface area (Å²) < 4.78 is 5.21. The first kappa shape index (κ1) is 24.0. The largest absolute Gasteiger partial charge is 0.497 e. The highest BCUT2D eigenvalue weighted by atomic mass is 16.5. The lowest BCUT2D eigenvalue weighted by molar-refractivity contribution is -0.132. The molecule has 4 rings (SSSR count). The van der Waals surface area contributed by atoms with Gasteiger partial charge in [-0.1, -0.05) is 72.8 Å². The molecule has 0 spiro atoms. The zero-order valence-electron chi connectivity index (χ0n) is 20.4. The highest BCUT2D eigenvalue weighted by Crippen LogP contribution is 2.29. The van der Waals surface area contributed by atoms with Gasteiger partial charge in [0.2, 0.25) is 5.91 Å². The number of carbonyl (C=O) groups is 1. The quantitative estimate of drug-likeness (QED) is 0.433. The molecule has 3 aromatic rings. The molecule has 0 aromatic heterocycles. The molecule has 0 saturated carbocycles. The van der Waals surface area contributed by atoms with Gasteiger partial charge in [0.15, 0.2) is 0 Å². The Morgan fingerprint density at radius 1 is 0.912 bits per heavy atom. The van der Waals surface area contributed by atoms with Gasteiger partial charge in [-0.05, 0) is 54.6 Å². The van der Waals surface area contributed by atoms with Gasteiger partial charge in [0.1, 0.15) is 5.75 Å². The number of likely N-dealkylation sites (tertiary alicyclic amines) is 1. The van der Waals surface area contributed by atoms with Crippen LogP contribution in [0.25, 0.3) is 0 Å². The van der Waals surface area contributed by atoms with Crippen LogP contribution in [-0.4, -0.2) is 55.5 Å². The number of hydrogen-bond acceptors (Lipinski definition) is 3. The van der Waals surface area contributed by atoms with Crippen molar-refractivity contribution in [3.8, 4) is 5.75 Å². The summed E-state index contributed by atoms with van der Waals surface area (Å²) in [6.07, 6.45) is 3.61. The van der Waals surface area contributed by atoms with Gasteiger partial charge in [0, 0.05) is 32.1 Å². The van der Waals surface area contributed by atoms with Crippen LogP contribution >= 0.6 is 0 Å². The molecule has 0 bridgehead atoms. The number of ether oxygens (including phenoxy) is 1. The monoisotopic (exact) mass is 456 g/mol. The predicted molar refractivity (Wildman–Crippen MR) is 138 cm³/mol. The maximum absolute atomic E-state index is 12.9. The van der Waals surface area contributed by atoms with E-state index in [1.807, 2.05) is 36.2 Å². The van der Waals surface area contributed by atoms with Crippen LogP contribution in [0.2, 0.25) is 0 Å². The van der Waals surface area contributed by atoms with Crippen molar-refractivity contribution in [2.24, 2.45) is 0 Å². The molecule has 1 saturated heterocycles. The van der Waals surface area contributed by atoms with Gasteiger partial charge in [0.25, 0.3) is 0 Å². The molecular weight excluding hydrogens is 420 g/mol. The first-order valence-corrected chi connectivity index (χ1v) is 12.3. The third-order valence-electron chi connectivity index (χ3n) is 7.15. The van der Waals surface area contributed by atoms with Crippen molar-refractivity contribution in [1.82, 2.24) is 9.80 Å². The van der Waals surface area contributed by atoms with Gasteiger partial charge < -0.3 is 14.5 Å². The van der Waals surface area contributed by atoms with E-state index in [9.17, 15) is 4.79 Å². The Morgan fingerprint density at radius 2 is 1.47 bits per heavy atom. The van der Waals surface area contributed by atoms with Crippen LogP contribution in [0, 0.1) is 0 Å². The molecule has 1 heterocycles. The van der Waals surface area contributed by atoms with Crippen LogP contribution in [0.3, 0.4) is 0 Å². The highest BCUT2D eigenvalue weighted by Gasteiger charge is 2.26. The van der Waals surface area contributed by atoms with Crippen LogP contribution in [-0.2, 0) is 11.2 Å². The van der Waals surface area contributed by atoms with E-state index in [4.69, 9.17) is 4.74 Å². The van der Waals surface area contributed by atoms with Gasteiger partial charge in [0.05, 0.1) is 13.5 Å². The molecule has 0 atom stereocenters. The van der Waals surface area contributed by atoms with E-state index in [0.717, 1.165) is 50.2 Å². The number of carbonyl (C=O) groups excluding carboxylic acids is 1. The van der Waals surface area contributed by atoms with Crippen molar-refractivity contribution in [3.63, 3.8) is 0 Å². The first-order chi connectivity index (χ1) is 16.6. The van der Waals surface area contributed by atoms with E-state index in [1.54, 1.807) is 7.11 Å². The predicted octanol–water partition coefficient (Wildman–Crippen LogP) is 5.38. The van der Waals surface area contributed by atoms with Gasteiger partial charge in [-0.15, -0.1) is 0 Å². The van der Waals surface area contributed by atoms with E-state index in [1.165, 1.54) is 11.1 Å². The van der Waals surface area contributed by atoms with E-state index >= 15 is 0 Å². The third-order valence-corrected chi connectivity index (χ3v) is 7.15. The van der Waals surface area contributed by atoms with Crippen LogP contribution in [0.15, 0.2) is 84.9 Å². The second-order valence-electron chi connectivity index (χ2n) is 9.26. The molecule has 1 amide bonds. The van der Waals surface area contributed by atoms with Crippen molar-refractivity contribution in [2.45, 2.75) is 37.6 Å². The second kappa shape index (κ2) is 11.8. The maximum Gasteiger partial charge on any atom is 0.226 e. The normalized spacial score (nSPS) is 14.8. The molecule has 1 aliphatic heterocycles. The molecule has 0 radical (unpaired) electrons. The molecule has 4 heteroatoms. The fraction of sp³-hybridized carbons (Fsp3) is 0.367. The summed E-state index contributed by atoms with van der Waals surface area (Å²) in [5.41, 5.74) is 3.79. The summed E-state index contributed by atoms with van der Waals surface area (Å²) in [7, 11) is 3.62. The van der Waals surface area contributed by atoms with Crippen LogP contribution in [0.5, 0.6) is 5.75 Å². The van der Waals surface area contributed by atoms with Crippen molar-refractivity contribution in [3.05, 3.63) is 102 Å². The number of benzene rings is 3. The van der Waals surface area contributed by atoms with Crippen molar-refractivity contribution >= 4 is 5.91 Å². The summed E-state index contributed by atoms with van der Waals surface area (Å²) in [6.45, 7) is 3.16. The maximum atomic E-state index is 12.9. The lowest BCUT2D eigenvalue weighted by atomic mass is 9.88. The minimum atomic E-state index is 0.192. The molecule has 4 nitrogen and oxygen atoms in total. The smallest absolute Gasteiger partial charge is 0.226 e. The molecule has 0 unspecified atom stereocenters. The van der Waals surface area contributed by atoms with Crippen molar-refractivity contribution in [2.75, 3.05) is 33.8 Å². The summed E-state index contributed by atoms with van der Waals surface area (Å²) in [6, 6.07) is 29.8. The summed E-state index contributed by atoms with van der Waals surface area (Å²) in [5.74, 6) is 1.42. The fourth-order valence-electron chi connectivity index (χ4n) is 4.98. The summed E-state index contributed by atoms with van der Waals surface area (Å²) in [4.78, 5) is 17.4. The first-order valence-electron chi connectivity index (χ1n) is 12.3. The Hall–Kier alpha value is -3.11. The summed E-state index contributed by atoms with van der Waals surface area (Å²) >= 11 is 0. The van der Waals surface area contributed by atoms with Crippen molar-refractivity contribution < 1.29 is 9.53 Å². The molecular formula is C30H36N2O2. The average molecular weight is 457 g/mol. The van der Waals surface area contributed by atoms with E-state index in [2.05, 4.69) is 65.6 Å². The zero-order valence-corrected chi connectivity index (χ0v) is 20.4. The van der Waals surface area contributed by atoms with Gasteiger partial charge in [-0.3, -0.25) is 4.79 Å².